The lowest BCUT2D eigenvalue weighted by Crippen LogP contribution is -2.61. The van der Waals surface area contributed by atoms with E-state index in [0.717, 1.165) is 0 Å². The molecule has 0 saturated carbocycles. The highest BCUT2D eigenvalue weighted by Crippen LogP contribution is 2.21. The molecular weight excluding hydrogens is 341 g/mol. The van der Waals surface area contributed by atoms with E-state index in [9.17, 15) is 22.8 Å². The van der Waals surface area contributed by atoms with E-state index in [1.807, 2.05) is 0 Å². The van der Waals surface area contributed by atoms with Crippen molar-refractivity contribution in [2.75, 3.05) is 19.7 Å². The number of amides is 2. The van der Waals surface area contributed by atoms with Gasteiger partial charge in [0.1, 0.15) is 18.3 Å². The van der Waals surface area contributed by atoms with Crippen LogP contribution in [0.5, 0.6) is 0 Å². The first-order chi connectivity index (χ1) is 11.2. The molecule has 0 N–H and O–H groups in total. The van der Waals surface area contributed by atoms with Gasteiger partial charge in [-0.2, -0.15) is 13.2 Å². The SMILES string of the molecule is C[C@H](OCC(F)(F)F)C(=O)N1C[C@H](C)N(C(=O)OC(C)(C)C)C[C@H]1C. The number of carbonyl (C=O) groups is 2. The minimum Gasteiger partial charge on any atom is -0.444 e. The Balaban J connectivity index is 2.69. The topological polar surface area (TPSA) is 59.1 Å². The maximum Gasteiger partial charge on any atom is 0.411 e. The Morgan fingerprint density at radius 3 is 2.04 bits per heavy atom. The maximum atomic E-state index is 12.4. The Labute approximate surface area is 146 Å². The summed E-state index contributed by atoms with van der Waals surface area (Å²) in [5.74, 6) is -0.521. The third kappa shape index (κ3) is 6.72. The second-order valence-electron chi connectivity index (χ2n) is 7.39. The van der Waals surface area contributed by atoms with Crippen molar-refractivity contribution in [3.63, 3.8) is 0 Å². The summed E-state index contributed by atoms with van der Waals surface area (Å²) < 4.78 is 46.7. The molecule has 1 fully saturated rings. The van der Waals surface area contributed by atoms with E-state index in [4.69, 9.17) is 4.74 Å². The molecule has 1 rings (SSSR count). The zero-order chi connectivity index (χ0) is 19.6. The van der Waals surface area contributed by atoms with E-state index in [2.05, 4.69) is 4.74 Å². The van der Waals surface area contributed by atoms with Crippen LogP contribution < -0.4 is 0 Å². The van der Waals surface area contributed by atoms with Gasteiger partial charge in [-0.25, -0.2) is 4.79 Å². The standard InChI is InChI=1S/C16H27F3N2O4/c1-10-8-21(14(23)25-15(4,5)6)11(2)7-20(10)13(22)12(3)24-9-16(17,18)19/h10-12H,7-9H2,1-6H3/t10-,11+,12+/m1/s1. The number of piperazine rings is 1. The zero-order valence-corrected chi connectivity index (χ0v) is 15.5. The van der Waals surface area contributed by atoms with Gasteiger partial charge in [-0.15, -0.1) is 0 Å². The smallest absolute Gasteiger partial charge is 0.411 e. The number of halogens is 3. The molecule has 0 radical (unpaired) electrons. The van der Waals surface area contributed by atoms with Crippen molar-refractivity contribution in [3.05, 3.63) is 0 Å². The van der Waals surface area contributed by atoms with Gasteiger partial charge < -0.3 is 19.3 Å². The number of carbonyl (C=O) groups excluding carboxylic acids is 2. The molecule has 1 saturated heterocycles. The minimum absolute atomic E-state index is 0.207. The van der Waals surface area contributed by atoms with Crippen LogP contribution in [0, 0.1) is 0 Å². The fourth-order valence-corrected chi connectivity index (χ4v) is 2.53. The molecule has 1 aliphatic heterocycles. The van der Waals surface area contributed by atoms with E-state index in [1.165, 1.54) is 16.7 Å². The quantitative estimate of drug-likeness (QED) is 0.769. The van der Waals surface area contributed by atoms with Crippen molar-refractivity contribution in [3.8, 4) is 0 Å². The lowest BCUT2D eigenvalue weighted by atomic mass is 10.1. The first kappa shape index (κ1) is 21.5. The fraction of sp³-hybridized carbons (Fsp3) is 0.875. The van der Waals surface area contributed by atoms with Gasteiger partial charge in [-0.05, 0) is 41.5 Å². The van der Waals surface area contributed by atoms with Crippen molar-refractivity contribution in [2.24, 2.45) is 0 Å². The first-order valence-electron chi connectivity index (χ1n) is 8.19. The number of alkyl halides is 3. The summed E-state index contributed by atoms with van der Waals surface area (Å²) in [6, 6.07) is -0.669. The van der Waals surface area contributed by atoms with Crippen LogP contribution in [0.3, 0.4) is 0 Å². The number of nitrogens with zero attached hydrogens (tertiary/aromatic N) is 2. The summed E-state index contributed by atoms with van der Waals surface area (Å²) in [7, 11) is 0. The molecule has 1 aliphatic rings. The Morgan fingerprint density at radius 1 is 1.08 bits per heavy atom. The van der Waals surface area contributed by atoms with Crippen molar-refractivity contribution < 1.29 is 32.2 Å². The number of hydrogen-bond acceptors (Lipinski definition) is 4. The van der Waals surface area contributed by atoms with Crippen LogP contribution >= 0.6 is 0 Å². The molecule has 0 aromatic carbocycles. The van der Waals surface area contributed by atoms with Crippen LogP contribution in [0.2, 0.25) is 0 Å². The van der Waals surface area contributed by atoms with E-state index in [-0.39, 0.29) is 25.2 Å². The minimum atomic E-state index is -4.48. The van der Waals surface area contributed by atoms with Crippen molar-refractivity contribution >= 4 is 12.0 Å². The van der Waals surface area contributed by atoms with E-state index < -0.39 is 36.5 Å². The second kappa shape index (κ2) is 7.80. The van der Waals surface area contributed by atoms with Gasteiger partial charge in [-0.3, -0.25) is 4.79 Å². The van der Waals surface area contributed by atoms with Gasteiger partial charge in [-0.1, -0.05) is 0 Å². The van der Waals surface area contributed by atoms with Gasteiger partial charge >= 0.3 is 12.3 Å². The molecule has 2 amide bonds. The molecule has 0 aromatic heterocycles. The van der Waals surface area contributed by atoms with E-state index in [1.54, 1.807) is 34.6 Å². The Bertz CT molecular complexity index is 491. The van der Waals surface area contributed by atoms with Crippen LogP contribution in [0.1, 0.15) is 41.5 Å². The first-order valence-corrected chi connectivity index (χ1v) is 8.19. The Hall–Kier alpha value is -1.51. The Morgan fingerprint density at radius 2 is 1.56 bits per heavy atom. The normalized spacial score (nSPS) is 23.4. The summed E-state index contributed by atoms with van der Waals surface area (Å²) >= 11 is 0. The van der Waals surface area contributed by atoms with Gasteiger partial charge in [0.05, 0.1) is 0 Å². The second-order valence-corrected chi connectivity index (χ2v) is 7.39. The average molecular weight is 368 g/mol. The predicted molar refractivity (Wildman–Crippen MR) is 85.0 cm³/mol. The molecule has 146 valence electrons. The zero-order valence-electron chi connectivity index (χ0n) is 15.5. The van der Waals surface area contributed by atoms with Gasteiger partial charge in [0.2, 0.25) is 0 Å². The lowest BCUT2D eigenvalue weighted by molar-refractivity contribution is -0.190. The van der Waals surface area contributed by atoms with Crippen LogP contribution in [0.15, 0.2) is 0 Å². The number of hydrogen-bond donors (Lipinski definition) is 0. The van der Waals surface area contributed by atoms with E-state index >= 15 is 0 Å². The largest absolute Gasteiger partial charge is 0.444 e. The monoisotopic (exact) mass is 368 g/mol. The number of ether oxygens (including phenoxy) is 2. The molecule has 6 nitrogen and oxygen atoms in total. The van der Waals surface area contributed by atoms with Gasteiger partial charge in [0.25, 0.3) is 5.91 Å². The summed E-state index contributed by atoms with van der Waals surface area (Å²) in [5.41, 5.74) is -0.632. The highest BCUT2D eigenvalue weighted by atomic mass is 19.4. The summed E-state index contributed by atoms with van der Waals surface area (Å²) in [5, 5.41) is 0. The molecule has 3 atom stereocenters. The number of rotatable bonds is 3. The third-order valence-corrected chi connectivity index (χ3v) is 3.74. The van der Waals surface area contributed by atoms with Crippen molar-refractivity contribution in [1.82, 2.24) is 9.80 Å². The lowest BCUT2D eigenvalue weighted by Gasteiger charge is -2.44. The van der Waals surface area contributed by atoms with Crippen LogP contribution in [0.25, 0.3) is 0 Å². The average Bonchev–Trinajstić information content (AvgIpc) is 2.43. The van der Waals surface area contributed by atoms with E-state index in [0.29, 0.717) is 0 Å². The molecule has 0 aromatic rings. The summed E-state index contributed by atoms with van der Waals surface area (Å²) in [6.07, 6.45) is -6.16. The molecule has 0 aliphatic carbocycles. The molecular formula is C16H27F3N2O4. The fourth-order valence-electron chi connectivity index (χ4n) is 2.53. The van der Waals surface area contributed by atoms with Crippen molar-refractivity contribution in [1.29, 1.82) is 0 Å². The molecule has 9 heteroatoms. The molecule has 0 spiro atoms. The van der Waals surface area contributed by atoms with Crippen LogP contribution in [0.4, 0.5) is 18.0 Å². The third-order valence-electron chi connectivity index (χ3n) is 3.74. The highest BCUT2D eigenvalue weighted by molar-refractivity contribution is 5.81. The maximum absolute atomic E-state index is 12.4. The molecule has 1 heterocycles. The van der Waals surface area contributed by atoms with Gasteiger partial charge in [0, 0.05) is 25.2 Å². The summed E-state index contributed by atoms with van der Waals surface area (Å²) in [4.78, 5) is 27.6. The van der Waals surface area contributed by atoms with Crippen LogP contribution in [-0.2, 0) is 14.3 Å². The predicted octanol–water partition coefficient (Wildman–Crippen LogP) is 2.81. The van der Waals surface area contributed by atoms with Gasteiger partial charge in [0.15, 0.2) is 0 Å². The molecule has 0 bridgehead atoms. The van der Waals surface area contributed by atoms with Crippen molar-refractivity contribution in [2.45, 2.75) is 71.5 Å². The molecule has 25 heavy (non-hydrogen) atoms. The van der Waals surface area contributed by atoms with Crippen LogP contribution in [-0.4, -0.2) is 71.5 Å². The highest BCUT2D eigenvalue weighted by Gasteiger charge is 2.38. The summed E-state index contributed by atoms with van der Waals surface area (Å²) in [6.45, 7) is 9.06. The Kier molecular flexibility index (Phi) is 6.72. The molecule has 0 unspecified atom stereocenters.